The molecule has 1 aliphatic heterocycles. The van der Waals surface area contributed by atoms with Crippen LogP contribution in [0.3, 0.4) is 0 Å². The van der Waals surface area contributed by atoms with Gasteiger partial charge in [-0.3, -0.25) is 10.1 Å². The number of rotatable bonds is 2. The smallest absolute Gasteiger partial charge is 0.287 e. The molecule has 1 saturated heterocycles. The number of pyridine rings is 1. The zero-order chi connectivity index (χ0) is 11.1. The monoisotopic (exact) mass is 207 g/mol. The summed E-state index contributed by atoms with van der Waals surface area (Å²) in [5.74, 6) is 0.817. The lowest BCUT2D eigenvalue weighted by atomic mass is 9.89. The van der Waals surface area contributed by atoms with Crippen molar-refractivity contribution in [1.29, 1.82) is 0 Å². The summed E-state index contributed by atoms with van der Waals surface area (Å²) in [6.45, 7) is 5.25. The molecule has 0 N–H and O–H groups in total. The van der Waals surface area contributed by atoms with Crippen molar-refractivity contribution in [3.63, 3.8) is 0 Å². The molecule has 0 atom stereocenters. The second-order valence-electron chi connectivity index (χ2n) is 4.35. The topological polar surface area (TPSA) is 59.3 Å². The van der Waals surface area contributed by atoms with Crippen LogP contribution in [0.25, 0.3) is 0 Å². The Bertz CT molecular complexity index is 386. The van der Waals surface area contributed by atoms with Crippen LogP contribution in [0.5, 0.6) is 0 Å². The van der Waals surface area contributed by atoms with Crippen molar-refractivity contribution in [2.75, 3.05) is 11.4 Å². The summed E-state index contributed by atoms with van der Waals surface area (Å²) in [7, 11) is 0. The van der Waals surface area contributed by atoms with Gasteiger partial charge in [-0.1, -0.05) is 0 Å². The molecule has 0 saturated carbocycles. The van der Waals surface area contributed by atoms with E-state index in [0.717, 1.165) is 18.8 Å². The van der Waals surface area contributed by atoms with Gasteiger partial charge in [-0.05, 0) is 26.3 Å². The van der Waals surface area contributed by atoms with Gasteiger partial charge in [0, 0.05) is 18.2 Å². The van der Waals surface area contributed by atoms with Crippen molar-refractivity contribution in [2.45, 2.75) is 25.8 Å². The highest BCUT2D eigenvalue weighted by atomic mass is 16.6. The number of nitrogens with zero attached hydrogens (tertiary/aromatic N) is 3. The molecule has 0 radical (unpaired) electrons. The number of hydrogen-bond donors (Lipinski definition) is 0. The van der Waals surface area contributed by atoms with E-state index in [9.17, 15) is 10.1 Å². The van der Waals surface area contributed by atoms with Crippen molar-refractivity contribution in [1.82, 2.24) is 4.98 Å². The van der Waals surface area contributed by atoms with Crippen molar-refractivity contribution in [3.8, 4) is 0 Å². The Morgan fingerprint density at radius 3 is 2.60 bits per heavy atom. The lowest BCUT2D eigenvalue weighted by Gasteiger charge is -2.49. The van der Waals surface area contributed by atoms with Gasteiger partial charge < -0.3 is 4.90 Å². The average molecular weight is 207 g/mol. The lowest BCUT2D eigenvalue weighted by molar-refractivity contribution is -0.385. The molecule has 5 nitrogen and oxygen atoms in total. The Hall–Kier alpha value is -1.65. The Labute approximate surface area is 87.9 Å². The molecular weight excluding hydrogens is 194 g/mol. The first-order valence-electron chi connectivity index (χ1n) is 4.89. The van der Waals surface area contributed by atoms with Crippen molar-refractivity contribution in [3.05, 3.63) is 28.4 Å². The van der Waals surface area contributed by atoms with Gasteiger partial charge in [0.2, 0.25) is 0 Å². The molecule has 1 aromatic rings. The van der Waals surface area contributed by atoms with Crippen LogP contribution in [-0.4, -0.2) is 22.0 Å². The molecule has 80 valence electrons. The maximum Gasteiger partial charge on any atom is 0.287 e. The third-order valence-electron chi connectivity index (χ3n) is 2.90. The van der Waals surface area contributed by atoms with E-state index >= 15 is 0 Å². The maximum absolute atomic E-state index is 10.4. The quantitative estimate of drug-likeness (QED) is 0.549. The first kappa shape index (κ1) is 9.89. The first-order valence-corrected chi connectivity index (χ1v) is 4.89. The number of anilines is 1. The van der Waals surface area contributed by atoms with Gasteiger partial charge in [-0.25, -0.2) is 4.98 Å². The van der Waals surface area contributed by atoms with Crippen LogP contribution in [0, 0.1) is 10.1 Å². The zero-order valence-electron chi connectivity index (χ0n) is 8.80. The summed E-state index contributed by atoms with van der Waals surface area (Å²) in [5, 5.41) is 10.4. The van der Waals surface area contributed by atoms with E-state index in [1.54, 1.807) is 6.07 Å². The summed E-state index contributed by atoms with van der Waals surface area (Å²) in [5.41, 5.74) is 0.167. The van der Waals surface area contributed by atoms with Crippen molar-refractivity contribution < 1.29 is 4.92 Å². The fourth-order valence-electron chi connectivity index (χ4n) is 1.74. The highest BCUT2D eigenvalue weighted by molar-refractivity contribution is 5.47. The third-order valence-corrected chi connectivity index (χ3v) is 2.90. The molecule has 0 bridgehead atoms. The molecule has 1 aromatic heterocycles. The predicted octanol–water partition coefficient (Wildman–Crippen LogP) is 1.98. The molecule has 1 aliphatic rings. The van der Waals surface area contributed by atoms with E-state index in [1.807, 2.05) is 0 Å². The van der Waals surface area contributed by atoms with Crippen molar-refractivity contribution in [2.24, 2.45) is 0 Å². The number of hydrogen-bond acceptors (Lipinski definition) is 4. The van der Waals surface area contributed by atoms with E-state index in [-0.39, 0.29) is 11.2 Å². The van der Waals surface area contributed by atoms with Gasteiger partial charge in [-0.15, -0.1) is 0 Å². The summed E-state index contributed by atoms with van der Waals surface area (Å²) in [4.78, 5) is 16.3. The molecule has 0 unspecified atom stereocenters. The SMILES string of the molecule is CC1(C)CCN1c1ccc([N+](=O)[O-])cn1. The molecule has 0 spiro atoms. The standard InChI is InChI=1S/C10H13N3O2/c1-10(2)5-6-12(10)9-4-3-8(7-11-9)13(14)15/h3-4,7H,5-6H2,1-2H3. The van der Waals surface area contributed by atoms with E-state index in [2.05, 4.69) is 23.7 Å². The van der Waals surface area contributed by atoms with E-state index in [4.69, 9.17) is 0 Å². The van der Waals surface area contributed by atoms with Gasteiger partial charge in [0.05, 0.1) is 4.92 Å². The number of aromatic nitrogens is 1. The number of nitro groups is 1. The Balaban J connectivity index is 2.21. The van der Waals surface area contributed by atoms with Gasteiger partial charge >= 0.3 is 0 Å². The Morgan fingerprint density at radius 2 is 2.27 bits per heavy atom. The van der Waals surface area contributed by atoms with Crippen LogP contribution in [0.1, 0.15) is 20.3 Å². The second-order valence-corrected chi connectivity index (χ2v) is 4.35. The molecule has 15 heavy (non-hydrogen) atoms. The van der Waals surface area contributed by atoms with E-state index in [1.165, 1.54) is 12.3 Å². The molecule has 0 amide bonds. The van der Waals surface area contributed by atoms with Gasteiger partial charge in [0.15, 0.2) is 0 Å². The summed E-state index contributed by atoms with van der Waals surface area (Å²) < 4.78 is 0. The molecule has 0 aliphatic carbocycles. The normalized spacial score (nSPS) is 18.4. The van der Waals surface area contributed by atoms with Crippen LogP contribution in [0.2, 0.25) is 0 Å². The average Bonchev–Trinajstić information content (AvgIpc) is 2.17. The highest BCUT2D eigenvalue weighted by Gasteiger charge is 2.36. The minimum absolute atomic E-state index is 0.0390. The van der Waals surface area contributed by atoms with Gasteiger partial charge in [-0.2, -0.15) is 0 Å². The summed E-state index contributed by atoms with van der Waals surface area (Å²) in [6, 6.07) is 3.20. The highest BCUT2D eigenvalue weighted by Crippen LogP contribution is 2.33. The second kappa shape index (κ2) is 3.18. The van der Waals surface area contributed by atoms with Crippen LogP contribution < -0.4 is 4.90 Å². The zero-order valence-corrected chi connectivity index (χ0v) is 8.80. The summed E-state index contributed by atoms with van der Waals surface area (Å²) >= 11 is 0. The molecule has 2 rings (SSSR count). The minimum Gasteiger partial charge on any atom is -0.351 e. The third kappa shape index (κ3) is 1.65. The Morgan fingerprint density at radius 1 is 1.53 bits per heavy atom. The van der Waals surface area contributed by atoms with E-state index in [0.29, 0.717) is 0 Å². The van der Waals surface area contributed by atoms with Crippen molar-refractivity contribution >= 4 is 11.5 Å². The van der Waals surface area contributed by atoms with Crippen LogP contribution >= 0.6 is 0 Å². The van der Waals surface area contributed by atoms with Crippen LogP contribution in [0.15, 0.2) is 18.3 Å². The molecule has 0 aromatic carbocycles. The van der Waals surface area contributed by atoms with Crippen LogP contribution in [-0.2, 0) is 0 Å². The lowest BCUT2D eigenvalue weighted by Crippen LogP contribution is -2.56. The van der Waals surface area contributed by atoms with Gasteiger partial charge in [0.25, 0.3) is 5.69 Å². The predicted molar refractivity (Wildman–Crippen MR) is 56.9 cm³/mol. The van der Waals surface area contributed by atoms with E-state index < -0.39 is 4.92 Å². The Kier molecular flexibility index (Phi) is 2.10. The molecule has 1 fully saturated rings. The van der Waals surface area contributed by atoms with Gasteiger partial charge in [0.1, 0.15) is 12.0 Å². The molecular formula is C10H13N3O2. The first-order chi connectivity index (χ1) is 7.00. The minimum atomic E-state index is -0.433. The fraction of sp³-hybridized carbons (Fsp3) is 0.500. The molecule has 5 heteroatoms. The largest absolute Gasteiger partial charge is 0.351 e. The van der Waals surface area contributed by atoms with Crippen LogP contribution in [0.4, 0.5) is 11.5 Å². The summed E-state index contributed by atoms with van der Waals surface area (Å²) in [6.07, 6.45) is 2.44. The maximum atomic E-state index is 10.4. The molecule has 2 heterocycles. The fourth-order valence-corrected chi connectivity index (χ4v) is 1.74.